The van der Waals surface area contributed by atoms with Crippen molar-refractivity contribution < 1.29 is 0 Å². The van der Waals surface area contributed by atoms with Crippen molar-refractivity contribution in [1.82, 2.24) is 0 Å². The van der Waals surface area contributed by atoms with Crippen LogP contribution < -0.4 is 5.73 Å². The highest BCUT2D eigenvalue weighted by Gasteiger charge is 2.09. The Hall–Kier alpha value is -1.41. The van der Waals surface area contributed by atoms with Crippen LogP contribution in [0.3, 0.4) is 0 Å². The molecule has 1 aromatic carbocycles. The molecule has 18 heavy (non-hydrogen) atoms. The van der Waals surface area contributed by atoms with Gasteiger partial charge in [0.25, 0.3) is 0 Å². The van der Waals surface area contributed by atoms with Gasteiger partial charge in [0.15, 0.2) is 0 Å². The molecule has 0 aromatic heterocycles. The first-order valence-electron chi connectivity index (χ1n) is 6.02. The summed E-state index contributed by atoms with van der Waals surface area (Å²) >= 11 is 1.71. The van der Waals surface area contributed by atoms with Crippen LogP contribution in [0.1, 0.15) is 25.0 Å². The lowest BCUT2D eigenvalue weighted by atomic mass is 10.0. The highest BCUT2D eigenvalue weighted by Crippen LogP contribution is 2.30. The molecule has 0 saturated carbocycles. The van der Waals surface area contributed by atoms with Crippen LogP contribution in [0.4, 0.5) is 0 Å². The van der Waals surface area contributed by atoms with Gasteiger partial charge in [0.1, 0.15) is 0 Å². The molecule has 0 aliphatic rings. The quantitative estimate of drug-likeness (QED) is 0.787. The number of rotatable bonds is 5. The zero-order valence-electron chi connectivity index (χ0n) is 11.4. The van der Waals surface area contributed by atoms with E-state index in [-0.39, 0.29) is 0 Å². The molecule has 0 atom stereocenters. The number of nitrogens with two attached hydrogens (primary N) is 1. The van der Waals surface area contributed by atoms with E-state index in [9.17, 15) is 0 Å². The third-order valence-corrected chi connectivity index (χ3v) is 3.79. The summed E-state index contributed by atoms with van der Waals surface area (Å²) in [4.78, 5) is 1.04. The van der Waals surface area contributed by atoms with Crippen LogP contribution in [-0.2, 0) is 0 Å². The second-order valence-corrected chi connectivity index (χ2v) is 5.57. The number of hydrogen-bond donors (Lipinski definition) is 1. The summed E-state index contributed by atoms with van der Waals surface area (Å²) in [6.45, 7) is 14.2. The Bertz CT molecular complexity index is 480. The molecule has 0 fully saturated rings. The second-order valence-electron chi connectivity index (χ2n) is 4.30. The van der Waals surface area contributed by atoms with E-state index < -0.39 is 0 Å². The van der Waals surface area contributed by atoms with Crippen LogP contribution >= 0.6 is 11.8 Å². The van der Waals surface area contributed by atoms with Crippen LogP contribution in [0.15, 0.2) is 53.6 Å². The molecule has 0 spiro atoms. The van der Waals surface area contributed by atoms with Gasteiger partial charge in [-0.25, -0.2) is 0 Å². The van der Waals surface area contributed by atoms with Gasteiger partial charge < -0.3 is 5.73 Å². The molecule has 0 saturated heterocycles. The summed E-state index contributed by atoms with van der Waals surface area (Å²) in [5, 5.41) is 0. The van der Waals surface area contributed by atoms with E-state index in [0.29, 0.717) is 0 Å². The van der Waals surface area contributed by atoms with E-state index in [1.54, 1.807) is 11.8 Å². The number of allylic oxidation sites excluding steroid dienone is 2. The van der Waals surface area contributed by atoms with Crippen molar-refractivity contribution >= 4 is 17.3 Å². The third kappa shape index (κ3) is 3.54. The van der Waals surface area contributed by atoms with Gasteiger partial charge in [0.2, 0.25) is 0 Å². The van der Waals surface area contributed by atoms with Crippen molar-refractivity contribution in [2.45, 2.75) is 20.8 Å². The molecule has 0 radical (unpaired) electrons. The normalized spacial score (nSPS) is 11.9. The van der Waals surface area contributed by atoms with Crippen LogP contribution in [0.25, 0.3) is 5.57 Å². The molecule has 0 amide bonds. The maximum Gasteiger partial charge on any atom is 0.0528 e. The first-order chi connectivity index (χ1) is 8.47. The van der Waals surface area contributed by atoms with Crippen molar-refractivity contribution in [2.24, 2.45) is 5.73 Å². The number of hydrogen-bond acceptors (Lipinski definition) is 2. The molecule has 0 bridgehead atoms. The zero-order chi connectivity index (χ0) is 13.7. The van der Waals surface area contributed by atoms with Crippen LogP contribution in [0.2, 0.25) is 0 Å². The Labute approximate surface area is 114 Å². The monoisotopic (exact) mass is 259 g/mol. The topological polar surface area (TPSA) is 26.0 Å². The predicted molar refractivity (Wildman–Crippen MR) is 84.4 cm³/mol. The minimum Gasteiger partial charge on any atom is -0.397 e. The Balaban J connectivity index is 3.11. The van der Waals surface area contributed by atoms with Crippen LogP contribution in [-0.4, -0.2) is 5.75 Å². The minimum atomic E-state index is 0.734. The SMILES string of the molecule is C=C(C)/C(SCC)=C(/N)C(=C)c1ccc(C)cc1. The van der Waals surface area contributed by atoms with Crippen LogP contribution in [0.5, 0.6) is 0 Å². The van der Waals surface area contributed by atoms with Crippen molar-refractivity contribution in [1.29, 1.82) is 0 Å². The Morgan fingerprint density at radius 2 is 1.78 bits per heavy atom. The minimum absolute atomic E-state index is 0.734. The van der Waals surface area contributed by atoms with E-state index in [1.807, 2.05) is 6.92 Å². The lowest BCUT2D eigenvalue weighted by Gasteiger charge is -2.13. The largest absolute Gasteiger partial charge is 0.397 e. The van der Waals surface area contributed by atoms with Crippen molar-refractivity contribution in [3.8, 4) is 0 Å². The molecule has 2 heteroatoms. The fourth-order valence-electron chi connectivity index (χ4n) is 1.62. The van der Waals surface area contributed by atoms with Gasteiger partial charge in [0, 0.05) is 4.91 Å². The smallest absolute Gasteiger partial charge is 0.0528 e. The molecule has 1 aromatic rings. The molecule has 0 aliphatic carbocycles. The van der Waals surface area contributed by atoms with Gasteiger partial charge in [0.05, 0.1) is 5.70 Å². The Morgan fingerprint density at radius 3 is 2.22 bits per heavy atom. The maximum absolute atomic E-state index is 6.22. The average molecular weight is 259 g/mol. The van der Waals surface area contributed by atoms with Gasteiger partial charge in [-0.1, -0.05) is 49.9 Å². The molecule has 1 nitrogen and oxygen atoms in total. The second kappa shape index (κ2) is 6.50. The summed E-state index contributed by atoms with van der Waals surface area (Å²) in [5.74, 6) is 0.976. The summed E-state index contributed by atoms with van der Waals surface area (Å²) in [6, 6.07) is 8.25. The van der Waals surface area contributed by atoms with E-state index in [0.717, 1.165) is 33.1 Å². The first-order valence-corrected chi connectivity index (χ1v) is 7.00. The van der Waals surface area contributed by atoms with E-state index >= 15 is 0 Å². The summed E-state index contributed by atoms with van der Waals surface area (Å²) in [6.07, 6.45) is 0. The zero-order valence-corrected chi connectivity index (χ0v) is 12.2. The number of thioether (sulfide) groups is 1. The molecule has 0 aliphatic heterocycles. The fourth-order valence-corrected chi connectivity index (χ4v) is 2.44. The fraction of sp³-hybridized carbons (Fsp3) is 0.250. The molecule has 1 rings (SSSR count). The van der Waals surface area contributed by atoms with Gasteiger partial charge in [-0.2, -0.15) is 0 Å². The lowest BCUT2D eigenvalue weighted by Crippen LogP contribution is -2.04. The van der Waals surface area contributed by atoms with Gasteiger partial charge in [-0.15, -0.1) is 11.8 Å². The van der Waals surface area contributed by atoms with Gasteiger partial charge in [-0.3, -0.25) is 0 Å². The third-order valence-electron chi connectivity index (χ3n) is 2.65. The molecule has 96 valence electrons. The Kier molecular flexibility index (Phi) is 5.29. The van der Waals surface area contributed by atoms with Gasteiger partial charge >= 0.3 is 0 Å². The molecule has 2 N–H and O–H groups in total. The van der Waals surface area contributed by atoms with Gasteiger partial charge in [-0.05, 0) is 36.3 Å². The Morgan fingerprint density at radius 1 is 1.22 bits per heavy atom. The summed E-state index contributed by atoms with van der Waals surface area (Å²) < 4.78 is 0. The maximum atomic E-state index is 6.22. The van der Waals surface area contributed by atoms with E-state index in [2.05, 4.69) is 51.3 Å². The standard InChI is InChI=1S/C16H21NS/c1-6-18-16(11(2)3)15(17)13(5)14-9-7-12(4)8-10-14/h7-10H,2,5-6,17H2,1,3-4H3/b16-15-. The van der Waals surface area contributed by atoms with Crippen molar-refractivity contribution in [3.05, 3.63) is 64.7 Å². The molecular formula is C16H21NS. The predicted octanol–water partition coefficient (Wildman–Crippen LogP) is 4.51. The van der Waals surface area contributed by atoms with Crippen LogP contribution in [0, 0.1) is 6.92 Å². The molecule has 0 heterocycles. The highest BCUT2D eigenvalue weighted by atomic mass is 32.2. The van der Waals surface area contributed by atoms with E-state index in [4.69, 9.17) is 5.73 Å². The summed E-state index contributed by atoms with van der Waals surface area (Å²) in [5.41, 5.74) is 11.1. The van der Waals surface area contributed by atoms with Crippen molar-refractivity contribution in [2.75, 3.05) is 5.75 Å². The van der Waals surface area contributed by atoms with Crippen molar-refractivity contribution in [3.63, 3.8) is 0 Å². The molecular weight excluding hydrogens is 238 g/mol. The average Bonchev–Trinajstić information content (AvgIpc) is 2.35. The lowest BCUT2D eigenvalue weighted by molar-refractivity contribution is 1.36. The summed E-state index contributed by atoms with van der Waals surface area (Å²) in [7, 11) is 0. The highest BCUT2D eigenvalue weighted by molar-refractivity contribution is 8.03. The number of aryl methyl sites for hydroxylation is 1. The van der Waals surface area contributed by atoms with E-state index in [1.165, 1.54) is 5.56 Å². The first kappa shape index (κ1) is 14.7. The number of benzene rings is 1. The molecule has 0 unspecified atom stereocenters.